The van der Waals surface area contributed by atoms with Gasteiger partial charge in [0, 0.05) is 6.26 Å². The Kier molecular flexibility index (Phi) is 8.69. The highest BCUT2D eigenvalue weighted by atomic mass is 32.2. The van der Waals surface area contributed by atoms with Crippen molar-refractivity contribution in [1.29, 1.82) is 0 Å². The molecule has 5 nitrogen and oxygen atoms in total. The van der Waals surface area contributed by atoms with Gasteiger partial charge in [-0.15, -0.1) is 6.42 Å². The number of rotatable bonds is 9. The van der Waals surface area contributed by atoms with Crippen LogP contribution in [-0.2, 0) is 14.6 Å². The summed E-state index contributed by atoms with van der Waals surface area (Å²) < 4.78 is 65.0. The second-order valence-electron chi connectivity index (χ2n) is 8.16. The van der Waals surface area contributed by atoms with Gasteiger partial charge in [-0.1, -0.05) is 56.2 Å². The molecule has 9 heteroatoms. The molecule has 0 bridgehead atoms. The van der Waals surface area contributed by atoms with Crippen LogP contribution in [0.5, 0.6) is 0 Å². The van der Waals surface area contributed by atoms with E-state index in [0.29, 0.717) is 11.1 Å². The van der Waals surface area contributed by atoms with Crippen LogP contribution >= 0.6 is 0 Å². The second kappa shape index (κ2) is 10.9. The van der Waals surface area contributed by atoms with Gasteiger partial charge in [0.1, 0.15) is 6.04 Å². The van der Waals surface area contributed by atoms with Gasteiger partial charge >= 0.3 is 6.18 Å². The summed E-state index contributed by atoms with van der Waals surface area (Å²) in [5.74, 6) is 1.63. The largest absolute Gasteiger partial charge is 0.407 e. The van der Waals surface area contributed by atoms with Crippen LogP contribution in [0.4, 0.5) is 13.2 Å². The maximum atomic E-state index is 13.9. The number of benzene rings is 2. The number of hydrogen-bond acceptors (Lipinski definition) is 4. The van der Waals surface area contributed by atoms with Gasteiger partial charge in [-0.05, 0) is 41.2 Å². The minimum atomic E-state index is -4.64. The van der Waals surface area contributed by atoms with E-state index in [1.54, 1.807) is 12.1 Å². The maximum absolute atomic E-state index is 13.9. The fourth-order valence-electron chi connectivity index (χ4n) is 3.33. The van der Waals surface area contributed by atoms with Gasteiger partial charge in [-0.25, -0.2) is 8.42 Å². The number of amides is 1. The van der Waals surface area contributed by atoms with E-state index in [1.165, 1.54) is 36.4 Å². The predicted molar refractivity (Wildman–Crippen MR) is 122 cm³/mol. The third-order valence-corrected chi connectivity index (χ3v) is 6.07. The smallest absolute Gasteiger partial charge is 0.344 e. The first kappa shape index (κ1) is 26.4. The zero-order valence-electron chi connectivity index (χ0n) is 18.6. The van der Waals surface area contributed by atoms with Crippen LogP contribution in [0, 0.1) is 18.3 Å². The number of hydrogen-bond donors (Lipinski definition) is 2. The molecule has 0 aliphatic heterocycles. The lowest BCUT2D eigenvalue weighted by atomic mass is 9.97. The van der Waals surface area contributed by atoms with Gasteiger partial charge in [0.25, 0.3) is 0 Å². The summed E-state index contributed by atoms with van der Waals surface area (Å²) in [6, 6.07) is 8.70. The summed E-state index contributed by atoms with van der Waals surface area (Å²) in [5.41, 5.74) is 1.25. The highest BCUT2D eigenvalue weighted by Gasteiger charge is 2.42. The monoisotopic (exact) mass is 480 g/mol. The number of sulfone groups is 1. The number of nitrogens with one attached hydrogen (secondary N) is 2. The topological polar surface area (TPSA) is 75.3 Å². The Morgan fingerprint density at radius 1 is 1.03 bits per heavy atom. The Balaban J connectivity index is 2.31. The molecule has 178 valence electrons. The average Bonchev–Trinajstić information content (AvgIpc) is 2.73. The first-order chi connectivity index (χ1) is 15.3. The molecular weight excluding hydrogens is 453 g/mol. The molecule has 0 saturated carbocycles. The summed E-state index contributed by atoms with van der Waals surface area (Å²) in [6.07, 6.45) is 1.80. The molecule has 0 unspecified atom stereocenters. The summed E-state index contributed by atoms with van der Waals surface area (Å²) in [5, 5.41) is 4.91. The van der Waals surface area contributed by atoms with Crippen LogP contribution in [0.2, 0.25) is 0 Å². The fraction of sp³-hybridized carbons (Fsp3) is 0.375. The SMILES string of the molecule is C#CCNC(=O)[C@H](CC(C)C)N[C@@H](c1ccc(-c2ccc(S(C)(=O)=O)cc2)cc1)C(F)(F)F. The van der Waals surface area contributed by atoms with E-state index in [4.69, 9.17) is 6.42 Å². The minimum Gasteiger partial charge on any atom is -0.344 e. The zero-order valence-corrected chi connectivity index (χ0v) is 19.4. The first-order valence-electron chi connectivity index (χ1n) is 10.3. The van der Waals surface area contributed by atoms with Gasteiger partial charge in [-0.3, -0.25) is 10.1 Å². The van der Waals surface area contributed by atoms with E-state index in [1.807, 2.05) is 13.8 Å². The molecule has 0 radical (unpaired) electrons. The van der Waals surface area contributed by atoms with Crippen LogP contribution in [0.1, 0.15) is 31.9 Å². The van der Waals surface area contributed by atoms with Gasteiger partial charge in [0.2, 0.25) is 5.91 Å². The highest BCUT2D eigenvalue weighted by Crippen LogP contribution is 2.34. The van der Waals surface area contributed by atoms with Crippen molar-refractivity contribution in [3.63, 3.8) is 0 Å². The number of halogens is 3. The predicted octanol–water partition coefficient (Wildman–Crippen LogP) is 4.11. The molecule has 0 saturated heterocycles. The Morgan fingerprint density at radius 2 is 1.55 bits per heavy atom. The number of carbonyl (C=O) groups is 1. The molecule has 0 spiro atoms. The van der Waals surface area contributed by atoms with E-state index in [-0.39, 0.29) is 29.3 Å². The number of carbonyl (C=O) groups excluding carboxylic acids is 1. The van der Waals surface area contributed by atoms with Gasteiger partial charge < -0.3 is 5.32 Å². The van der Waals surface area contributed by atoms with Crippen molar-refractivity contribution in [2.45, 2.75) is 43.4 Å². The summed E-state index contributed by atoms with van der Waals surface area (Å²) in [6.45, 7) is 3.56. The van der Waals surface area contributed by atoms with Crippen LogP contribution in [0.15, 0.2) is 53.4 Å². The van der Waals surface area contributed by atoms with Crippen LogP contribution in [0.3, 0.4) is 0 Å². The van der Waals surface area contributed by atoms with Crippen LogP contribution in [-0.4, -0.2) is 39.3 Å². The molecule has 2 N–H and O–H groups in total. The van der Waals surface area contributed by atoms with E-state index in [0.717, 1.165) is 6.26 Å². The van der Waals surface area contributed by atoms with Crippen molar-refractivity contribution in [3.05, 3.63) is 54.1 Å². The Morgan fingerprint density at radius 3 is 1.97 bits per heavy atom. The van der Waals surface area contributed by atoms with Crippen molar-refractivity contribution in [2.24, 2.45) is 5.92 Å². The standard InChI is InChI=1S/C24H27F3N2O3S/c1-5-14-28-23(30)21(15-16(2)3)29-22(24(25,26)27)19-8-6-17(7-9-19)18-10-12-20(13-11-18)33(4,31)32/h1,6-13,16,21-22,29H,14-15H2,2-4H3,(H,28,30)/t21-,22-/m0/s1. The molecule has 2 aromatic carbocycles. The molecular formula is C24H27F3N2O3S. The number of alkyl halides is 3. The Bertz CT molecular complexity index is 1090. The van der Waals surface area contributed by atoms with Crippen molar-refractivity contribution < 1.29 is 26.4 Å². The van der Waals surface area contributed by atoms with E-state index < -0.39 is 34.0 Å². The molecule has 0 heterocycles. The number of terminal acetylenes is 1. The molecule has 2 aromatic rings. The molecule has 33 heavy (non-hydrogen) atoms. The second-order valence-corrected chi connectivity index (χ2v) is 10.2. The first-order valence-corrected chi connectivity index (χ1v) is 12.2. The van der Waals surface area contributed by atoms with Crippen molar-refractivity contribution in [2.75, 3.05) is 12.8 Å². The summed E-state index contributed by atoms with van der Waals surface area (Å²) in [7, 11) is -3.35. The van der Waals surface area contributed by atoms with Gasteiger partial charge in [0.15, 0.2) is 9.84 Å². The molecule has 2 atom stereocenters. The molecule has 0 aliphatic carbocycles. The lowest BCUT2D eigenvalue weighted by Crippen LogP contribution is -2.49. The Labute approximate surface area is 192 Å². The van der Waals surface area contributed by atoms with E-state index in [2.05, 4.69) is 16.6 Å². The zero-order chi connectivity index (χ0) is 24.8. The van der Waals surface area contributed by atoms with Crippen LogP contribution < -0.4 is 10.6 Å². The lowest BCUT2D eigenvalue weighted by molar-refractivity contribution is -0.161. The van der Waals surface area contributed by atoms with Gasteiger partial charge in [-0.2, -0.15) is 13.2 Å². The fourth-order valence-corrected chi connectivity index (χ4v) is 3.96. The van der Waals surface area contributed by atoms with E-state index in [9.17, 15) is 26.4 Å². The maximum Gasteiger partial charge on any atom is 0.407 e. The van der Waals surface area contributed by atoms with Crippen LogP contribution in [0.25, 0.3) is 11.1 Å². The molecule has 0 fully saturated rings. The minimum absolute atomic E-state index is 0.0229. The third kappa shape index (κ3) is 7.62. The summed E-state index contributed by atoms with van der Waals surface area (Å²) >= 11 is 0. The average molecular weight is 481 g/mol. The van der Waals surface area contributed by atoms with Crippen molar-refractivity contribution >= 4 is 15.7 Å². The molecule has 0 aliphatic rings. The van der Waals surface area contributed by atoms with Crippen molar-refractivity contribution in [1.82, 2.24) is 10.6 Å². The third-order valence-electron chi connectivity index (χ3n) is 4.94. The van der Waals surface area contributed by atoms with Gasteiger partial charge in [0.05, 0.1) is 17.5 Å². The van der Waals surface area contributed by atoms with Crippen molar-refractivity contribution in [3.8, 4) is 23.5 Å². The normalized spacial score (nSPS) is 13.9. The summed E-state index contributed by atoms with van der Waals surface area (Å²) in [4.78, 5) is 12.5. The molecule has 0 aromatic heterocycles. The highest BCUT2D eigenvalue weighted by molar-refractivity contribution is 7.90. The molecule has 1 amide bonds. The van der Waals surface area contributed by atoms with E-state index >= 15 is 0 Å². The molecule has 2 rings (SSSR count). The Hall–Kier alpha value is -2.83. The lowest BCUT2D eigenvalue weighted by Gasteiger charge is -2.28. The quantitative estimate of drug-likeness (QED) is 0.530.